The molecule has 1 aromatic carbocycles. The Morgan fingerprint density at radius 2 is 2.05 bits per heavy atom. The molecular formula is C17H17NO3. The van der Waals surface area contributed by atoms with Crippen LogP contribution in [-0.2, 0) is 16.1 Å². The predicted molar refractivity (Wildman–Crippen MR) is 80.7 cm³/mol. The number of pyridine rings is 1. The summed E-state index contributed by atoms with van der Waals surface area (Å²) in [5, 5.41) is 0. The fourth-order valence-corrected chi connectivity index (χ4v) is 1.72. The molecular weight excluding hydrogens is 266 g/mol. The van der Waals surface area contributed by atoms with E-state index < -0.39 is 0 Å². The van der Waals surface area contributed by atoms with Crippen LogP contribution >= 0.6 is 0 Å². The third kappa shape index (κ3) is 5.10. The Balaban J connectivity index is 1.93. The summed E-state index contributed by atoms with van der Waals surface area (Å²) in [7, 11) is 1.37. The summed E-state index contributed by atoms with van der Waals surface area (Å²) >= 11 is 0. The second kappa shape index (κ2) is 7.85. The summed E-state index contributed by atoms with van der Waals surface area (Å²) < 4.78 is 10.3. The molecule has 21 heavy (non-hydrogen) atoms. The Bertz CT molecular complexity index is 608. The van der Waals surface area contributed by atoms with Crippen molar-refractivity contribution in [2.75, 3.05) is 7.11 Å². The average molecular weight is 283 g/mol. The van der Waals surface area contributed by atoms with E-state index in [1.54, 1.807) is 18.5 Å². The van der Waals surface area contributed by atoms with Crippen LogP contribution < -0.4 is 4.74 Å². The van der Waals surface area contributed by atoms with Gasteiger partial charge < -0.3 is 9.47 Å². The van der Waals surface area contributed by atoms with Crippen LogP contribution in [-0.4, -0.2) is 18.1 Å². The van der Waals surface area contributed by atoms with Gasteiger partial charge in [0, 0.05) is 6.20 Å². The van der Waals surface area contributed by atoms with E-state index in [2.05, 4.69) is 9.72 Å². The second-order valence-electron chi connectivity index (χ2n) is 4.41. The molecule has 0 radical (unpaired) electrons. The number of esters is 1. The Morgan fingerprint density at radius 1 is 1.24 bits per heavy atom. The van der Waals surface area contributed by atoms with Gasteiger partial charge in [-0.1, -0.05) is 42.5 Å². The van der Waals surface area contributed by atoms with Crippen LogP contribution in [0.4, 0.5) is 0 Å². The van der Waals surface area contributed by atoms with Gasteiger partial charge in [-0.05, 0) is 17.2 Å². The third-order valence-electron chi connectivity index (χ3n) is 2.81. The van der Waals surface area contributed by atoms with E-state index in [-0.39, 0.29) is 12.4 Å². The normalized spacial score (nSPS) is 10.5. The van der Waals surface area contributed by atoms with E-state index in [1.807, 2.05) is 42.5 Å². The summed E-state index contributed by atoms with van der Waals surface area (Å²) in [6.07, 6.45) is 7.18. The lowest BCUT2D eigenvalue weighted by Crippen LogP contribution is -1.97. The first-order valence-electron chi connectivity index (χ1n) is 6.63. The number of aromatic nitrogens is 1. The van der Waals surface area contributed by atoms with E-state index in [4.69, 9.17) is 4.74 Å². The lowest BCUT2D eigenvalue weighted by molar-refractivity contribution is -0.139. The zero-order valence-corrected chi connectivity index (χ0v) is 11.9. The fourth-order valence-electron chi connectivity index (χ4n) is 1.72. The van der Waals surface area contributed by atoms with Gasteiger partial charge in [-0.25, -0.2) is 0 Å². The van der Waals surface area contributed by atoms with Gasteiger partial charge >= 0.3 is 5.97 Å². The number of carbonyl (C=O) groups excluding carboxylic acids is 1. The molecule has 0 aliphatic heterocycles. The van der Waals surface area contributed by atoms with Gasteiger partial charge in [-0.2, -0.15) is 0 Å². The number of carbonyl (C=O) groups is 1. The molecule has 0 amide bonds. The molecule has 0 atom stereocenters. The van der Waals surface area contributed by atoms with Crippen LogP contribution in [0, 0.1) is 0 Å². The molecule has 2 aromatic rings. The van der Waals surface area contributed by atoms with E-state index in [1.165, 1.54) is 7.11 Å². The third-order valence-corrected chi connectivity index (χ3v) is 2.81. The highest BCUT2D eigenvalue weighted by Crippen LogP contribution is 2.14. The number of hydrogen-bond donors (Lipinski definition) is 0. The number of benzene rings is 1. The molecule has 4 nitrogen and oxygen atoms in total. The molecule has 0 saturated carbocycles. The smallest absolute Gasteiger partial charge is 0.309 e. The maximum Gasteiger partial charge on any atom is 0.309 e. The molecule has 0 N–H and O–H groups in total. The average Bonchev–Trinajstić information content (AvgIpc) is 2.54. The van der Waals surface area contributed by atoms with Crippen molar-refractivity contribution in [3.05, 3.63) is 66.0 Å². The Hall–Kier alpha value is -2.62. The molecule has 0 aliphatic rings. The molecule has 1 aromatic heterocycles. The molecule has 0 aliphatic carbocycles. The first kappa shape index (κ1) is 14.8. The van der Waals surface area contributed by atoms with Crippen LogP contribution in [0.2, 0.25) is 0 Å². The zero-order chi connectivity index (χ0) is 14.9. The molecule has 0 bridgehead atoms. The van der Waals surface area contributed by atoms with E-state index in [0.29, 0.717) is 12.4 Å². The summed E-state index contributed by atoms with van der Waals surface area (Å²) in [5.41, 5.74) is 1.98. The molecule has 0 fully saturated rings. The molecule has 108 valence electrons. The minimum absolute atomic E-state index is 0.242. The van der Waals surface area contributed by atoms with E-state index in [0.717, 1.165) is 11.1 Å². The molecule has 0 spiro atoms. The van der Waals surface area contributed by atoms with Crippen molar-refractivity contribution in [1.29, 1.82) is 0 Å². The van der Waals surface area contributed by atoms with Gasteiger partial charge in [-0.15, -0.1) is 0 Å². The Morgan fingerprint density at radius 3 is 2.81 bits per heavy atom. The minimum Gasteiger partial charge on any atom is -0.487 e. The quantitative estimate of drug-likeness (QED) is 0.764. The predicted octanol–water partition coefficient (Wildman–Crippen LogP) is 3.24. The SMILES string of the molecule is COC(=O)CC=Cc1cncc(OCc2ccccc2)c1. The summed E-state index contributed by atoms with van der Waals surface area (Å²) in [6, 6.07) is 11.8. The minimum atomic E-state index is -0.268. The van der Waals surface area contributed by atoms with Gasteiger partial charge in [0.15, 0.2) is 0 Å². The Labute approximate surface area is 124 Å². The number of methoxy groups -OCH3 is 1. The Kier molecular flexibility index (Phi) is 5.52. The lowest BCUT2D eigenvalue weighted by Gasteiger charge is -2.06. The van der Waals surface area contributed by atoms with Gasteiger partial charge in [0.25, 0.3) is 0 Å². The number of ether oxygens (including phenoxy) is 2. The zero-order valence-electron chi connectivity index (χ0n) is 11.9. The first-order valence-corrected chi connectivity index (χ1v) is 6.63. The summed E-state index contributed by atoms with van der Waals surface area (Å²) in [4.78, 5) is 15.1. The van der Waals surface area contributed by atoms with Crippen molar-refractivity contribution in [3.63, 3.8) is 0 Å². The van der Waals surface area contributed by atoms with Crippen molar-refractivity contribution in [1.82, 2.24) is 4.98 Å². The van der Waals surface area contributed by atoms with Crippen LogP contribution in [0.1, 0.15) is 17.5 Å². The lowest BCUT2D eigenvalue weighted by atomic mass is 10.2. The first-order chi connectivity index (χ1) is 10.3. The number of hydrogen-bond acceptors (Lipinski definition) is 4. The second-order valence-corrected chi connectivity index (χ2v) is 4.41. The summed E-state index contributed by atoms with van der Waals surface area (Å²) in [5.74, 6) is 0.426. The van der Waals surface area contributed by atoms with Crippen LogP contribution in [0.3, 0.4) is 0 Å². The number of rotatable bonds is 6. The van der Waals surface area contributed by atoms with Crippen molar-refractivity contribution >= 4 is 12.0 Å². The van der Waals surface area contributed by atoms with Crippen LogP contribution in [0.25, 0.3) is 6.08 Å². The van der Waals surface area contributed by atoms with E-state index in [9.17, 15) is 4.79 Å². The van der Waals surface area contributed by atoms with Crippen molar-refractivity contribution in [2.45, 2.75) is 13.0 Å². The highest BCUT2D eigenvalue weighted by Gasteiger charge is 1.98. The van der Waals surface area contributed by atoms with Gasteiger partial charge in [0.1, 0.15) is 12.4 Å². The highest BCUT2D eigenvalue weighted by molar-refractivity contribution is 5.72. The maximum absolute atomic E-state index is 11.0. The van der Waals surface area contributed by atoms with Crippen LogP contribution in [0.5, 0.6) is 5.75 Å². The molecule has 1 heterocycles. The van der Waals surface area contributed by atoms with Crippen LogP contribution in [0.15, 0.2) is 54.9 Å². The fraction of sp³-hybridized carbons (Fsp3) is 0.176. The maximum atomic E-state index is 11.0. The standard InChI is InChI=1S/C17H17NO3/c1-20-17(19)9-5-8-15-10-16(12-18-11-15)21-13-14-6-3-2-4-7-14/h2-8,10-12H,9,13H2,1H3. The largest absolute Gasteiger partial charge is 0.487 e. The van der Waals surface area contributed by atoms with Crippen molar-refractivity contribution in [3.8, 4) is 5.75 Å². The van der Waals surface area contributed by atoms with Gasteiger partial charge in [0.2, 0.25) is 0 Å². The molecule has 2 rings (SSSR count). The summed E-state index contributed by atoms with van der Waals surface area (Å²) in [6.45, 7) is 0.498. The van der Waals surface area contributed by atoms with Gasteiger partial charge in [0.05, 0.1) is 19.7 Å². The van der Waals surface area contributed by atoms with E-state index >= 15 is 0 Å². The number of nitrogens with zero attached hydrogens (tertiary/aromatic N) is 1. The van der Waals surface area contributed by atoms with Gasteiger partial charge in [-0.3, -0.25) is 9.78 Å². The topological polar surface area (TPSA) is 48.4 Å². The monoisotopic (exact) mass is 283 g/mol. The van der Waals surface area contributed by atoms with Crippen molar-refractivity contribution < 1.29 is 14.3 Å². The molecule has 0 saturated heterocycles. The molecule has 0 unspecified atom stereocenters. The highest BCUT2D eigenvalue weighted by atomic mass is 16.5. The van der Waals surface area contributed by atoms with Crippen molar-refractivity contribution in [2.24, 2.45) is 0 Å². The molecule has 4 heteroatoms.